The van der Waals surface area contributed by atoms with Crippen LogP contribution in [0, 0.1) is 10.5 Å². The first-order valence-electron chi connectivity index (χ1n) is 6.47. The number of esters is 1. The molecule has 0 fully saturated rings. The molecule has 2 aromatic carbocycles. The molecule has 1 aliphatic heterocycles. The average molecular weight is 389 g/mol. The lowest BCUT2D eigenvalue weighted by Gasteiger charge is -2.02. The van der Waals surface area contributed by atoms with Crippen LogP contribution >= 0.6 is 22.6 Å². The summed E-state index contributed by atoms with van der Waals surface area (Å²) in [5.41, 5.74) is 3.13. The minimum absolute atomic E-state index is 0.328. The Morgan fingerprint density at radius 3 is 2.52 bits per heavy atom. The lowest BCUT2D eigenvalue weighted by Crippen LogP contribution is -2.06. The molecule has 0 N–H and O–H groups in total. The maximum absolute atomic E-state index is 11.9. The third kappa shape index (κ3) is 3.05. The van der Waals surface area contributed by atoms with Crippen LogP contribution in [0.3, 0.4) is 0 Å². The number of hydrogen-bond donors (Lipinski definition) is 0. The second kappa shape index (κ2) is 5.81. The number of carbonyl (C=O) groups excluding carboxylic acids is 1. The Labute approximate surface area is 136 Å². The Morgan fingerprint density at radius 1 is 1.10 bits per heavy atom. The molecule has 104 valence electrons. The number of ether oxygens (including phenoxy) is 1. The van der Waals surface area contributed by atoms with Crippen molar-refractivity contribution in [3.05, 3.63) is 74.5 Å². The van der Waals surface area contributed by atoms with Crippen LogP contribution in [0.2, 0.25) is 0 Å². The molecular formula is C17H12INO2. The van der Waals surface area contributed by atoms with E-state index in [-0.39, 0.29) is 0 Å². The van der Waals surface area contributed by atoms with E-state index in [0.29, 0.717) is 11.6 Å². The van der Waals surface area contributed by atoms with E-state index in [1.54, 1.807) is 6.08 Å². The molecule has 0 aliphatic carbocycles. The van der Waals surface area contributed by atoms with Crippen molar-refractivity contribution in [2.45, 2.75) is 6.92 Å². The molecule has 2 aromatic rings. The van der Waals surface area contributed by atoms with E-state index in [1.165, 1.54) is 0 Å². The molecule has 0 saturated carbocycles. The van der Waals surface area contributed by atoms with Gasteiger partial charge in [0.2, 0.25) is 5.90 Å². The number of halogens is 1. The topological polar surface area (TPSA) is 38.7 Å². The normalized spacial score (nSPS) is 16.0. The number of hydrogen-bond acceptors (Lipinski definition) is 3. The highest BCUT2D eigenvalue weighted by molar-refractivity contribution is 14.1. The van der Waals surface area contributed by atoms with E-state index in [1.807, 2.05) is 55.5 Å². The Balaban J connectivity index is 1.96. The van der Waals surface area contributed by atoms with Crippen LogP contribution in [-0.4, -0.2) is 11.9 Å². The van der Waals surface area contributed by atoms with Crippen LogP contribution in [0.1, 0.15) is 16.7 Å². The Morgan fingerprint density at radius 2 is 1.81 bits per heavy atom. The highest BCUT2D eigenvalue weighted by atomic mass is 127. The molecular weight excluding hydrogens is 377 g/mol. The first-order chi connectivity index (χ1) is 10.1. The number of nitrogens with zero attached hydrogens (tertiary/aromatic N) is 1. The van der Waals surface area contributed by atoms with Gasteiger partial charge in [-0.05, 0) is 64.9 Å². The third-order valence-corrected chi connectivity index (χ3v) is 3.89. The smallest absolute Gasteiger partial charge is 0.363 e. The number of benzene rings is 2. The molecule has 0 aromatic heterocycles. The van der Waals surface area contributed by atoms with Crippen LogP contribution in [0.25, 0.3) is 6.08 Å². The van der Waals surface area contributed by atoms with Crippen LogP contribution < -0.4 is 0 Å². The molecule has 0 radical (unpaired) electrons. The Kier molecular flexibility index (Phi) is 3.88. The van der Waals surface area contributed by atoms with Gasteiger partial charge in [-0.3, -0.25) is 0 Å². The van der Waals surface area contributed by atoms with Gasteiger partial charge in [-0.15, -0.1) is 0 Å². The molecule has 4 heteroatoms. The number of rotatable bonds is 2. The molecule has 0 bridgehead atoms. The fraction of sp³-hybridized carbons (Fsp3) is 0.0588. The van der Waals surface area contributed by atoms with Gasteiger partial charge in [-0.1, -0.05) is 30.3 Å². The molecule has 21 heavy (non-hydrogen) atoms. The summed E-state index contributed by atoms with van der Waals surface area (Å²) in [4.78, 5) is 16.3. The molecule has 3 nitrogen and oxygen atoms in total. The van der Waals surface area contributed by atoms with Gasteiger partial charge in [0.05, 0.1) is 0 Å². The Bertz CT molecular complexity index is 761. The van der Waals surface area contributed by atoms with Crippen molar-refractivity contribution >= 4 is 40.5 Å². The summed E-state index contributed by atoms with van der Waals surface area (Å²) >= 11 is 2.24. The highest BCUT2D eigenvalue weighted by Gasteiger charge is 2.24. The minimum atomic E-state index is -0.410. The molecule has 1 heterocycles. The van der Waals surface area contributed by atoms with Gasteiger partial charge in [0.15, 0.2) is 5.70 Å². The van der Waals surface area contributed by atoms with Gasteiger partial charge >= 0.3 is 5.97 Å². The molecule has 0 saturated heterocycles. The van der Waals surface area contributed by atoms with E-state index in [9.17, 15) is 4.79 Å². The fourth-order valence-electron chi connectivity index (χ4n) is 2.05. The molecule has 3 rings (SSSR count). The maximum Gasteiger partial charge on any atom is 0.363 e. The first kappa shape index (κ1) is 14.0. The lowest BCUT2D eigenvalue weighted by molar-refractivity contribution is -0.129. The summed E-state index contributed by atoms with van der Waals surface area (Å²) in [5.74, 6) is -0.0401. The zero-order valence-electron chi connectivity index (χ0n) is 11.3. The van der Waals surface area contributed by atoms with Gasteiger partial charge in [-0.2, -0.15) is 0 Å². The minimum Gasteiger partial charge on any atom is -0.402 e. The monoisotopic (exact) mass is 389 g/mol. The lowest BCUT2D eigenvalue weighted by atomic mass is 10.1. The quantitative estimate of drug-likeness (QED) is 0.443. The molecule has 0 unspecified atom stereocenters. The fourth-order valence-corrected chi connectivity index (χ4v) is 2.41. The number of aliphatic imine (C=N–C) groups is 1. The van der Waals surface area contributed by atoms with Crippen molar-refractivity contribution in [1.82, 2.24) is 0 Å². The zero-order valence-corrected chi connectivity index (χ0v) is 13.5. The summed E-state index contributed by atoms with van der Waals surface area (Å²) in [6.45, 7) is 1.96. The molecule has 0 amide bonds. The number of aryl methyl sites for hydroxylation is 1. The van der Waals surface area contributed by atoms with Crippen molar-refractivity contribution in [3.8, 4) is 0 Å². The van der Waals surface area contributed by atoms with E-state index in [0.717, 1.165) is 20.3 Å². The van der Waals surface area contributed by atoms with Crippen molar-refractivity contribution in [2.75, 3.05) is 0 Å². The van der Waals surface area contributed by atoms with Crippen LogP contribution in [0.4, 0.5) is 0 Å². The molecule has 0 atom stereocenters. The van der Waals surface area contributed by atoms with Gasteiger partial charge in [-0.25, -0.2) is 9.79 Å². The Hall–Kier alpha value is -1.95. The second-order valence-electron chi connectivity index (χ2n) is 4.70. The predicted octanol–water partition coefficient (Wildman–Crippen LogP) is 3.94. The van der Waals surface area contributed by atoms with E-state index >= 15 is 0 Å². The zero-order chi connectivity index (χ0) is 14.8. The van der Waals surface area contributed by atoms with Gasteiger partial charge in [0.1, 0.15) is 0 Å². The number of cyclic esters (lactones) is 1. The maximum atomic E-state index is 11.9. The third-order valence-electron chi connectivity index (χ3n) is 3.17. The van der Waals surface area contributed by atoms with Crippen LogP contribution in [-0.2, 0) is 9.53 Å². The SMILES string of the molecule is Cc1ccccc1C1=NC(=Cc2ccc(I)cc2)C(=O)O1. The van der Waals surface area contributed by atoms with Gasteiger partial charge < -0.3 is 4.74 Å². The standard InChI is InChI=1S/C17H12INO2/c1-11-4-2-3-5-14(11)16-19-15(17(20)21-16)10-12-6-8-13(18)9-7-12/h2-10H,1H3. The summed E-state index contributed by atoms with van der Waals surface area (Å²) in [6, 6.07) is 15.6. The number of carbonyl (C=O) groups is 1. The van der Waals surface area contributed by atoms with Gasteiger partial charge in [0.25, 0.3) is 0 Å². The predicted molar refractivity (Wildman–Crippen MR) is 90.9 cm³/mol. The van der Waals surface area contributed by atoms with Crippen molar-refractivity contribution in [2.24, 2.45) is 4.99 Å². The summed E-state index contributed by atoms with van der Waals surface area (Å²) in [5, 5.41) is 0. The first-order valence-corrected chi connectivity index (χ1v) is 7.55. The van der Waals surface area contributed by atoms with E-state index in [4.69, 9.17) is 4.74 Å². The van der Waals surface area contributed by atoms with E-state index in [2.05, 4.69) is 27.6 Å². The van der Waals surface area contributed by atoms with Crippen molar-refractivity contribution in [1.29, 1.82) is 0 Å². The summed E-state index contributed by atoms with van der Waals surface area (Å²) in [6.07, 6.45) is 1.74. The summed E-state index contributed by atoms with van der Waals surface area (Å²) < 4.78 is 6.42. The van der Waals surface area contributed by atoms with Crippen molar-refractivity contribution < 1.29 is 9.53 Å². The van der Waals surface area contributed by atoms with Crippen molar-refractivity contribution in [3.63, 3.8) is 0 Å². The van der Waals surface area contributed by atoms with Crippen LogP contribution in [0.15, 0.2) is 59.2 Å². The second-order valence-corrected chi connectivity index (χ2v) is 5.95. The highest BCUT2D eigenvalue weighted by Crippen LogP contribution is 2.21. The molecule has 0 spiro atoms. The van der Waals surface area contributed by atoms with Gasteiger partial charge in [0, 0.05) is 9.13 Å². The largest absolute Gasteiger partial charge is 0.402 e. The van der Waals surface area contributed by atoms with E-state index < -0.39 is 5.97 Å². The van der Waals surface area contributed by atoms with Crippen LogP contribution in [0.5, 0.6) is 0 Å². The average Bonchev–Trinajstić information content (AvgIpc) is 2.83. The summed E-state index contributed by atoms with van der Waals surface area (Å²) in [7, 11) is 0. The molecule has 1 aliphatic rings.